The number of carbonyl (C=O) groups excluding carboxylic acids is 2. The Morgan fingerprint density at radius 1 is 0.593 bits per heavy atom. The van der Waals surface area contributed by atoms with Crippen LogP contribution in [0.3, 0.4) is 0 Å². The molecule has 0 spiro atoms. The topological polar surface area (TPSA) is 123 Å². The van der Waals surface area contributed by atoms with Crippen LogP contribution in [0.5, 0.6) is 0 Å². The van der Waals surface area contributed by atoms with Gasteiger partial charge in [0, 0.05) is 51.7 Å². The number of anilines is 3. The molecule has 4 aromatic carbocycles. The third-order valence-electron chi connectivity index (χ3n) is 8.84. The molecule has 0 saturated heterocycles. The number of halogens is 3. The summed E-state index contributed by atoms with van der Waals surface area (Å²) in [5.41, 5.74) is 6.53. The Morgan fingerprint density at radius 3 is 1.39 bits per heavy atom. The second-order valence-electron chi connectivity index (χ2n) is 13.7. The molecule has 308 valence electrons. The van der Waals surface area contributed by atoms with Crippen LogP contribution in [0.15, 0.2) is 134 Å². The monoisotopic (exact) mass is 852 g/mol. The highest BCUT2D eigenvalue weighted by Gasteiger charge is 2.13. The van der Waals surface area contributed by atoms with E-state index in [9.17, 15) is 9.59 Å². The van der Waals surface area contributed by atoms with Crippen molar-refractivity contribution in [1.29, 1.82) is 0 Å². The molecule has 0 saturated carbocycles. The van der Waals surface area contributed by atoms with Crippen molar-refractivity contribution >= 4 is 63.8 Å². The van der Waals surface area contributed by atoms with Gasteiger partial charge in [-0.25, -0.2) is 9.97 Å². The first-order chi connectivity index (χ1) is 28.4. The molecule has 2 amide bonds. The van der Waals surface area contributed by atoms with Gasteiger partial charge < -0.3 is 31.5 Å². The number of nitrogens with one attached hydrogen (secondary N) is 5. The van der Waals surface area contributed by atoms with Crippen LogP contribution >= 0.6 is 34.8 Å². The summed E-state index contributed by atoms with van der Waals surface area (Å²) in [4.78, 5) is 35.0. The lowest BCUT2D eigenvalue weighted by molar-refractivity contribution is 0.101. The second kappa shape index (κ2) is 23.9. The van der Waals surface area contributed by atoms with Crippen LogP contribution in [-0.4, -0.2) is 50.0 Å². The molecule has 2 atom stereocenters. The Labute approximate surface area is 362 Å². The van der Waals surface area contributed by atoms with E-state index in [4.69, 9.17) is 34.8 Å². The van der Waals surface area contributed by atoms with Gasteiger partial charge in [-0.3, -0.25) is 9.59 Å². The number of amides is 2. The summed E-state index contributed by atoms with van der Waals surface area (Å²) in [6.07, 6.45) is 2.99. The first-order valence-corrected chi connectivity index (χ1v) is 20.1. The Bertz CT molecular complexity index is 2210. The molecule has 2 heterocycles. The van der Waals surface area contributed by atoms with E-state index in [0.717, 1.165) is 16.9 Å². The highest BCUT2D eigenvalue weighted by atomic mass is 35.5. The number of benzene rings is 4. The van der Waals surface area contributed by atoms with E-state index >= 15 is 0 Å². The van der Waals surface area contributed by atoms with Crippen LogP contribution in [0.25, 0.3) is 0 Å². The highest BCUT2D eigenvalue weighted by Crippen LogP contribution is 2.26. The average molecular weight is 854 g/mol. The molecule has 10 nitrogen and oxygen atoms in total. The van der Waals surface area contributed by atoms with Gasteiger partial charge in [0.2, 0.25) is 0 Å². The van der Waals surface area contributed by atoms with Crippen molar-refractivity contribution in [2.45, 2.75) is 39.0 Å². The van der Waals surface area contributed by atoms with Crippen molar-refractivity contribution in [3.63, 3.8) is 0 Å². The van der Waals surface area contributed by atoms with E-state index in [1.807, 2.05) is 99.8 Å². The molecule has 0 unspecified atom stereocenters. The minimum Gasteiger partial charge on any atom is -0.363 e. The van der Waals surface area contributed by atoms with Gasteiger partial charge in [-0.15, -0.1) is 0 Å². The second-order valence-corrected chi connectivity index (χ2v) is 14.9. The van der Waals surface area contributed by atoms with Crippen molar-refractivity contribution < 1.29 is 9.59 Å². The van der Waals surface area contributed by atoms with Gasteiger partial charge in [0.1, 0.15) is 11.0 Å². The predicted molar refractivity (Wildman–Crippen MR) is 245 cm³/mol. The van der Waals surface area contributed by atoms with Crippen molar-refractivity contribution in [1.82, 2.24) is 25.9 Å². The number of rotatable bonds is 13. The summed E-state index contributed by atoms with van der Waals surface area (Å²) in [6.45, 7) is 5.55. The van der Waals surface area contributed by atoms with Gasteiger partial charge in [-0.1, -0.05) is 108 Å². The van der Waals surface area contributed by atoms with Gasteiger partial charge >= 0.3 is 0 Å². The quantitative estimate of drug-likeness (QED) is 0.0728. The predicted octanol–water partition coefficient (Wildman–Crippen LogP) is 10.2. The number of pyridine rings is 2. The van der Waals surface area contributed by atoms with E-state index in [2.05, 4.69) is 74.7 Å². The van der Waals surface area contributed by atoms with Crippen molar-refractivity contribution in [2.75, 3.05) is 43.7 Å². The molecule has 0 aliphatic rings. The fourth-order valence-corrected chi connectivity index (χ4v) is 5.94. The molecule has 6 rings (SSSR count). The van der Waals surface area contributed by atoms with Crippen LogP contribution in [-0.2, 0) is 13.1 Å². The van der Waals surface area contributed by atoms with Gasteiger partial charge in [0.25, 0.3) is 11.8 Å². The zero-order valence-corrected chi connectivity index (χ0v) is 36.3. The van der Waals surface area contributed by atoms with Crippen LogP contribution in [0.4, 0.5) is 17.2 Å². The summed E-state index contributed by atoms with van der Waals surface area (Å²) in [5, 5.41) is 16.7. The summed E-state index contributed by atoms with van der Waals surface area (Å²) >= 11 is 18.3. The summed E-state index contributed by atoms with van der Waals surface area (Å²) in [6, 6.07) is 38.9. The zero-order valence-electron chi connectivity index (χ0n) is 34.1. The highest BCUT2D eigenvalue weighted by molar-refractivity contribution is 6.34. The smallest absolute Gasteiger partial charge is 0.257 e. The number of nitrogens with zero attached hydrogens (tertiary/aromatic N) is 3. The summed E-state index contributed by atoms with van der Waals surface area (Å²) in [5.74, 6) is 0.261. The SMILES string of the molecule is CNC.C[C@@H](NCc1ccc(Cl)c(NC(=O)c2ccc(Cl)nc2)c1)c1ccccc1.C[C@@H](NCc1ccc(Cl)c(NC(=O)c2ccc(N(C)C)nc2)c1)c1ccccc1. The Hall–Kier alpha value is -5.33. The lowest BCUT2D eigenvalue weighted by atomic mass is 10.1. The van der Waals surface area contributed by atoms with Crippen LogP contribution in [0.2, 0.25) is 15.2 Å². The molecule has 59 heavy (non-hydrogen) atoms. The number of hydrogen-bond donors (Lipinski definition) is 5. The van der Waals surface area contributed by atoms with Gasteiger partial charge in [-0.05, 0) is 98.7 Å². The molecular formula is C46H51Cl3N8O2. The normalized spacial score (nSPS) is 11.5. The van der Waals surface area contributed by atoms with E-state index in [1.54, 1.807) is 36.5 Å². The maximum absolute atomic E-state index is 12.6. The summed E-state index contributed by atoms with van der Waals surface area (Å²) in [7, 11) is 7.56. The minimum atomic E-state index is -0.288. The number of aromatic nitrogens is 2. The first kappa shape index (κ1) is 46.4. The van der Waals surface area contributed by atoms with E-state index < -0.39 is 0 Å². The molecular weight excluding hydrogens is 803 g/mol. The Kier molecular flexibility index (Phi) is 18.8. The lowest BCUT2D eigenvalue weighted by Gasteiger charge is -2.15. The largest absolute Gasteiger partial charge is 0.363 e. The van der Waals surface area contributed by atoms with Crippen molar-refractivity contribution in [3.05, 3.63) is 182 Å². The van der Waals surface area contributed by atoms with Crippen molar-refractivity contribution in [3.8, 4) is 0 Å². The van der Waals surface area contributed by atoms with E-state index in [-0.39, 0.29) is 23.9 Å². The Balaban J connectivity index is 0.000000245. The van der Waals surface area contributed by atoms with Gasteiger partial charge in [0.15, 0.2) is 0 Å². The van der Waals surface area contributed by atoms with Crippen LogP contribution in [0, 0.1) is 0 Å². The fraction of sp³-hybridized carbons (Fsp3) is 0.217. The maximum atomic E-state index is 12.6. The van der Waals surface area contributed by atoms with E-state index in [0.29, 0.717) is 50.8 Å². The summed E-state index contributed by atoms with van der Waals surface area (Å²) < 4.78 is 0. The third kappa shape index (κ3) is 15.1. The van der Waals surface area contributed by atoms with Crippen LogP contribution < -0.4 is 31.5 Å². The van der Waals surface area contributed by atoms with Crippen LogP contribution in [0.1, 0.15) is 68.9 Å². The average Bonchev–Trinajstić information content (AvgIpc) is 3.25. The standard InChI is InChI=1S/C23H25ClN4O.C21H19Cl2N3O.C2H7N/c1-16(18-7-5-4-6-8-18)25-14-17-9-11-20(24)21(13-17)27-23(29)19-10-12-22(26-15-19)28(2)3;1-14(16-5-3-2-4-6-16)24-12-15-7-9-18(22)19(11-15)26-21(27)17-8-10-20(23)25-13-17;1-3-2/h4-13,15-16,25H,14H2,1-3H3,(H,27,29);2-11,13-14,24H,12H2,1H3,(H,26,27);3H,1-2H3/t16-;14-;/m11./s1. The molecule has 0 bridgehead atoms. The lowest BCUT2D eigenvalue weighted by Crippen LogP contribution is -2.18. The van der Waals surface area contributed by atoms with Gasteiger partial charge in [0.05, 0.1) is 32.5 Å². The molecule has 0 fully saturated rings. The molecule has 0 aliphatic carbocycles. The first-order valence-electron chi connectivity index (χ1n) is 19.0. The molecule has 6 aromatic rings. The third-order valence-corrected chi connectivity index (χ3v) is 9.72. The van der Waals surface area contributed by atoms with E-state index in [1.165, 1.54) is 17.3 Å². The van der Waals surface area contributed by atoms with Crippen molar-refractivity contribution in [2.24, 2.45) is 0 Å². The molecule has 13 heteroatoms. The van der Waals surface area contributed by atoms with Gasteiger partial charge in [-0.2, -0.15) is 0 Å². The Morgan fingerprint density at radius 2 is 1.02 bits per heavy atom. The zero-order chi connectivity index (χ0) is 42.7. The molecule has 0 radical (unpaired) electrons. The molecule has 0 aliphatic heterocycles. The maximum Gasteiger partial charge on any atom is 0.257 e. The minimum absolute atomic E-state index is 0.208. The molecule has 5 N–H and O–H groups in total. The number of hydrogen-bond acceptors (Lipinski definition) is 8. The number of carbonyl (C=O) groups is 2. The molecule has 2 aromatic heterocycles. The fourth-order valence-electron chi connectivity index (χ4n) is 5.50.